The first-order valence-electron chi connectivity index (χ1n) is 14.8. The van der Waals surface area contributed by atoms with E-state index >= 15 is 0 Å². The predicted molar refractivity (Wildman–Crippen MR) is 183 cm³/mol. The largest absolute Gasteiger partial charge is 0.489 e. The molecule has 0 saturated carbocycles. The molecule has 2 aromatic heterocycles. The normalized spacial score (nSPS) is 14.4. The van der Waals surface area contributed by atoms with Crippen LogP contribution in [0.2, 0.25) is 10.0 Å². The second-order valence-corrected chi connectivity index (χ2v) is 12.7. The van der Waals surface area contributed by atoms with Crippen LogP contribution in [-0.4, -0.2) is 22.1 Å². The van der Waals surface area contributed by atoms with E-state index in [4.69, 9.17) is 37.1 Å². The van der Waals surface area contributed by atoms with Crippen molar-refractivity contribution in [2.75, 3.05) is 6.61 Å². The van der Waals surface area contributed by atoms with Crippen molar-refractivity contribution in [1.82, 2.24) is 4.57 Å². The van der Waals surface area contributed by atoms with Gasteiger partial charge in [-0.25, -0.2) is 9.79 Å². The van der Waals surface area contributed by atoms with Crippen molar-refractivity contribution in [1.29, 1.82) is 0 Å². The van der Waals surface area contributed by atoms with Crippen LogP contribution in [0.4, 0.5) is 5.69 Å². The monoisotopic (exact) mass is 703 g/mol. The van der Waals surface area contributed by atoms with Gasteiger partial charge < -0.3 is 13.9 Å². The Labute approximate surface area is 287 Å². The molecule has 6 rings (SSSR count). The smallest absolute Gasteiger partial charge is 0.338 e. The van der Waals surface area contributed by atoms with Crippen LogP contribution >= 0.6 is 34.5 Å². The van der Waals surface area contributed by atoms with Crippen LogP contribution in [0, 0.1) is 17.0 Å². The second kappa shape index (κ2) is 13.6. The van der Waals surface area contributed by atoms with E-state index < -0.39 is 16.9 Å². The summed E-state index contributed by atoms with van der Waals surface area (Å²) < 4.78 is 19.3. The number of hydrogen-bond donors (Lipinski definition) is 0. The van der Waals surface area contributed by atoms with Crippen molar-refractivity contribution in [3.8, 4) is 17.1 Å². The molecular weight excluding hydrogens is 677 g/mol. The topological polar surface area (TPSA) is 126 Å². The Morgan fingerprint density at radius 1 is 1.08 bits per heavy atom. The number of non-ortho nitro benzene ring substituents is 1. The van der Waals surface area contributed by atoms with E-state index in [0.29, 0.717) is 42.1 Å². The summed E-state index contributed by atoms with van der Waals surface area (Å²) in [6.07, 6.45) is 1.74. The van der Waals surface area contributed by atoms with E-state index in [1.165, 1.54) is 28.0 Å². The van der Waals surface area contributed by atoms with Crippen LogP contribution in [0.25, 0.3) is 17.4 Å². The van der Waals surface area contributed by atoms with E-state index in [9.17, 15) is 19.7 Å². The summed E-state index contributed by atoms with van der Waals surface area (Å²) in [7, 11) is 0. The molecule has 0 aliphatic carbocycles. The highest BCUT2D eigenvalue weighted by molar-refractivity contribution is 7.07. The van der Waals surface area contributed by atoms with Gasteiger partial charge in [-0.1, -0.05) is 58.8 Å². The first-order valence-corrected chi connectivity index (χ1v) is 16.3. The number of carbonyl (C=O) groups excluding carboxylic acids is 1. The molecule has 0 radical (unpaired) electrons. The number of furan rings is 1. The number of benzene rings is 3. The molecule has 48 heavy (non-hydrogen) atoms. The maximum Gasteiger partial charge on any atom is 0.338 e. The number of fused-ring (bicyclic) bond motifs is 1. The lowest BCUT2D eigenvalue weighted by Gasteiger charge is -2.22. The number of nitrogens with zero attached hydrogens (tertiary/aromatic N) is 3. The standard InChI is InChI=1S/C35H27Cl2N3O7S/c1-4-45-34(42)31-20(3)38-35-39(32(31)29-14-13-28(47-29)26-17-24(40(43)44)10-5-19(26)2)33(41)30(48-35)15-21-6-11-25(12-7-21)46-18-22-8-9-23(36)16-27(22)37/h5-17,32H,4,18H2,1-3H3/b30-15-/t32-/m1/s1. The highest BCUT2D eigenvalue weighted by Crippen LogP contribution is 2.36. The lowest BCUT2D eigenvalue weighted by atomic mass is 10.0. The molecule has 0 fully saturated rings. The van der Waals surface area contributed by atoms with Gasteiger partial charge in [0.2, 0.25) is 0 Å². The van der Waals surface area contributed by atoms with Crippen LogP contribution in [0.3, 0.4) is 0 Å². The predicted octanol–water partition coefficient (Wildman–Crippen LogP) is 7.16. The zero-order valence-electron chi connectivity index (χ0n) is 25.9. The van der Waals surface area contributed by atoms with Gasteiger partial charge in [-0.15, -0.1) is 0 Å². The summed E-state index contributed by atoms with van der Waals surface area (Å²) in [6.45, 7) is 5.56. The zero-order valence-corrected chi connectivity index (χ0v) is 28.2. The fourth-order valence-electron chi connectivity index (χ4n) is 5.31. The molecular formula is C35H27Cl2N3O7S. The van der Waals surface area contributed by atoms with E-state index in [0.717, 1.165) is 16.7 Å². The van der Waals surface area contributed by atoms with Crippen LogP contribution in [0.5, 0.6) is 5.75 Å². The van der Waals surface area contributed by atoms with Crippen LogP contribution in [-0.2, 0) is 16.1 Å². The molecule has 10 nitrogen and oxygen atoms in total. The molecule has 1 aliphatic heterocycles. The lowest BCUT2D eigenvalue weighted by molar-refractivity contribution is -0.384. The van der Waals surface area contributed by atoms with Gasteiger partial charge in [-0.05, 0) is 74.4 Å². The first-order chi connectivity index (χ1) is 23.0. The number of esters is 1. The Kier molecular flexibility index (Phi) is 9.36. The van der Waals surface area contributed by atoms with Crippen molar-refractivity contribution in [3.63, 3.8) is 0 Å². The number of allylic oxidation sites excluding steroid dienone is 1. The van der Waals surface area contributed by atoms with E-state index in [1.807, 2.05) is 19.1 Å². The Morgan fingerprint density at radius 3 is 2.56 bits per heavy atom. The van der Waals surface area contributed by atoms with Crippen LogP contribution in [0.1, 0.15) is 42.3 Å². The average Bonchev–Trinajstić information content (AvgIpc) is 3.65. The lowest BCUT2D eigenvalue weighted by Crippen LogP contribution is -2.39. The number of carbonyl (C=O) groups is 1. The molecule has 0 saturated heterocycles. The van der Waals surface area contributed by atoms with Crippen molar-refractivity contribution in [2.24, 2.45) is 4.99 Å². The van der Waals surface area contributed by atoms with Gasteiger partial charge in [0.15, 0.2) is 4.80 Å². The number of ether oxygens (including phenoxy) is 2. The zero-order chi connectivity index (χ0) is 34.1. The molecule has 5 aromatic rings. The number of hydrogen-bond acceptors (Lipinski definition) is 9. The molecule has 1 aliphatic rings. The van der Waals surface area contributed by atoms with Gasteiger partial charge in [0.05, 0.1) is 27.3 Å². The quantitative estimate of drug-likeness (QED) is 0.0906. The molecule has 3 heterocycles. The number of nitro groups is 1. The van der Waals surface area contributed by atoms with Gasteiger partial charge in [-0.3, -0.25) is 19.5 Å². The van der Waals surface area contributed by atoms with Crippen molar-refractivity contribution in [3.05, 3.63) is 146 Å². The average molecular weight is 705 g/mol. The minimum Gasteiger partial charge on any atom is -0.489 e. The molecule has 3 aromatic carbocycles. The van der Waals surface area contributed by atoms with E-state index in [-0.39, 0.29) is 35.8 Å². The summed E-state index contributed by atoms with van der Waals surface area (Å²) >= 11 is 13.4. The molecule has 244 valence electrons. The van der Waals surface area contributed by atoms with Crippen molar-refractivity contribution in [2.45, 2.75) is 33.4 Å². The Balaban J connectivity index is 1.36. The molecule has 0 N–H and O–H groups in total. The minimum atomic E-state index is -0.981. The maximum atomic E-state index is 14.0. The number of rotatable bonds is 9. The number of aromatic nitrogens is 1. The highest BCUT2D eigenvalue weighted by Gasteiger charge is 2.35. The van der Waals surface area contributed by atoms with Gasteiger partial charge in [-0.2, -0.15) is 0 Å². The number of halogens is 2. The molecule has 0 spiro atoms. The van der Waals surface area contributed by atoms with Gasteiger partial charge >= 0.3 is 5.97 Å². The Morgan fingerprint density at radius 2 is 1.85 bits per heavy atom. The molecule has 13 heteroatoms. The fourth-order valence-corrected chi connectivity index (χ4v) is 6.82. The third-order valence-electron chi connectivity index (χ3n) is 7.70. The first kappa shape index (κ1) is 33.0. The fraction of sp³-hybridized carbons (Fsp3) is 0.171. The summed E-state index contributed by atoms with van der Waals surface area (Å²) in [6, 6.07) is 19.3. The molecule has 0 unspecified atom stereocenters. The minimum absolute atomic E-state index is 0.0879. The van der Waals surface area contributed by atoms with Crippen LogP contribution in [0.15, 0.2) is 98.3 Å². The number of aryl methyl sites for hydroxylation is 1. The van der Waals surface area contributed by atoms with E-state index in [2.05, 4.69) is 4.99 Å². The highest BCUT2D eigenvalue weighted by atomic mass is 35.5. The van der Waals surface area contributed by atoms with Crippen molar-refractivity contribution >= 4 is 52.3 Å². The summed E-state index contributed by atoms with van der Waals surface area (Å²) in [5.41, 5.74) is 2.90. The third kappa shape index (κ3) is 6.57. The summed E-state index contributed by atoms with van der Waals surface area (Å²) in [4.78, 5) is 43.2. The SMILES string of the molecule is CCOC(=O)C1=C(C)N=c2s/c(=C\c3ccc(OCc4ccc(Cl)cc4Cl)cc3)c(=O)n2[C@@H]1c1ccc(-c2cc([N+](=O)[O-])ccc2C)o1. The molecule has 0 bridgehead atoms. The summed E-state index contributed by atoms with van der Waals surface area (Å²) in [5.74, 6) is 0.620. The summed E-state index contributed by atoms with van der Waals surface area (Å²) in [5, 5.41) is 12.5. The maximum absolute atomic E-state index is 14.0. The van der Waals surface area contributed by atoms with Gasteiger partial charge in [0, 0.05) is 33.3 Å². The molecule has 1 atom stereocenters. The number of thiazole rings is 1. The Hall–Kier alpha value is -4.97. The molecule has 0 amide bonds. The van der Waals surface area contributed by atoms with Crippen LogP contribution < -0.4 is 19.6 Å². The van der Waals surface area contributed by atoms with Gasteiger partial charge in [0.1, 0.15) is 29.9 Å². The van der Waals surface area contributed by atoms with Crippen molar-refractivity contribution < 1.29 is 23.6 Å². The Bertz CT molecular complexity index is 2290. The second-order valence-electron chi connectivity index (χ2n) is 10.9. The van der Waals surface area contributed by atoms with E-state index in [1.54, 1.807) is 68.5 Å². The third-order valence-corrected chi connectivity index (χ3v) is 9.27. The van der Waals surface area contributed by atoms with Gasteiger partial charge in [0.25, 0.3) is 11.2 Å². The number of nitro benzene ring substituents is 1.